The molecule has 1 heterocycles. The quantitative estimate of drug-likeness (QED) is 0.826. The number of phenols is 1. The average molecular weight is 239 g/mol. The molecule has 0 radical (unpaired) electrons. The molecular weight excluding hydrogens is 231 g/mol. The lowest BCUT2D eigenvalue weighted by Crippen LogP contribution is -2.04. The van der Waals surface area contributed by atoms with Gasteiger partial charge in [-0.15, -0.1) is 0 Å². The number of aromatic hydroxyl groups is 1. The van der Waals surface area contributed by atoms with Crippen molar-refractivity contribution in [1.82, 2.24) is 4.98 Å². The Kier molecular flexibility index (Phi) is 2.75. The molecule has 17 heavy (non-hydrogen) atoms. The van der Waals surface area contributed by atoms with Gasteiger partial charge in [-0.05, 0) is 30.3 Å². The predicted octanol–water partition coefficient (Wildman–Crippen LogP) is 3.47. The molecule has 0 bridgehead atoms. The first-order valence-electron chi connectivity index (χ1n) is 4.80. The zero-order valence-corrected chi connectivity index (χ0v) is 8.57. The second-order valence-corrected chi connectivity index (χ2v) is 3.44. The van der Waals surface area contributed by atoms with Crippen molar-refractivity contribution in [2.24, 2.45) is 0 Å². The maximum Gasteiger partial charge on any atom is 0.416 e. The molecule has 2 aromatic rings. The Morgan fingerprint density at radius 2 is 1.82 bits per heavy atom. The van der Waals surface area contributed by atoms with E-state index in [0.717, 1.165) is 18.2 Å². The lowest BCUT2D eigenvalue weighted by Gasteiger charge is -2.09. The predicted molar refractivity (Wildman–Crippen MR) is 56.3 cm³/mol. The Balaban J connectivity index is 2.55. The van der Waals surface area contributed by atoms with Gasteiger partial charge in [-0.3, -0.25) is 4.98 Å². The molecule has 0 aliphatic heterocycles. The third kappa shape index (κ3) is 2.38. The van der Waals surface area contributed by atoms with Gasteiger partial charge in [0.05, 0.1) is 11.3 Å². The van der Waals surface area contributed by atoms with E-state index in [1.54, 1.807) is 12.1 Å². The van der Waals surface area contributed by atoms with E-state index in [2.05, 4.69) is 4.98 Å². The zero-order chi connectivity index (χ0) is 12.5. The summed E-state index contributed by atoms with van der Waals surface area (Å²) in [6, 6.07) is 7.57. The van der Waals surface area contributed by atoms with Crippen LogP contribution in [0.15, 0.2) is 42.6 Å². The van der Waals surface area contributed by atoms with Gasteiger partial charge in [0.1, 0.15) is 5.75 Å². The monoisotopic (exact) mass is 239 g/mol. The van der Waals surface area contributed by atoms with Gasteiger partial charge >= 0.3 is 6.18 Å². The van der Waals surface area contributed by atoms with Crippen LogP contribution in [0.4, 0.5) is 13.2 Å². The number of alkyl halides is 3. The molecule has 0 saturated carbocycles. The standard InChI is InChI=1S/C12H8F3NO/c13-12(14,15)8-4-5-11(17)9(7-8)10-3-1-2-6-16-10/h1-7,17H. The molecule has 0 fully saturated rings. The first-order valence-corrected chi connectivity index (χ1v) is 4.80. The van der Waals surface area contributed by atoms with Crippen LogP contribution in [0.1, 0.15) is 5.56 Å². The molecule has 2 nitrogen and oxygen atoms in total. The van der Waals surface area contributed by atoms with E-state index in [1.807, 2.05) is 0 Å². The maximum atomic E-state index is 12.5. The van der Waals surface area contributed by atoms with Crippen molar-refractivity contribution in [3.63, 3.8) is 0 Å². The molecule has 0 atom stereocenters. The molecule has 0 unspecified atom stereocenters. The molecule has 2 rings (SSSR count). The van der Waals surface area contributed by atoms with Crippen LogP contribution in [0.3, 0.4) is 0 Å². The van der Waals surface area contributed by atoms with Crippen molar-refractivity contribution in [3.05, 3.63) is 48.2 Å². The van der Waals surface area contributed by atoms with Crippen molar-refractivity contribution in [1.29, 1.82) is 0 Å². The fraction of sp³-hybridized carbons (Fsp3) is 0.0833. The van der Waals surface area contributed by atoms with Gasteiger partial charge in [-0.1, -0.05) is 6.07 Å². The number of pyridine rings is 1. The van der Waals surface area contributed by atoms with E-state index in [1.165, 1.54) is 12.3 Å². The molecule has 0 aliphatic carbocycles. The molecule has 88 valence electrons. The summed E-state index contributed by atoms with van der Waals surface area (Å²) in [6.45, 7) is 0. The molecule has 1 N–H and O–H groups in total. The summed E-state index contributed by atoms with van der Waals surface area (Å²) in [5.41, 5.74) is -0.438. The first kappa shape index (κ1) is 11.4. The Hall–Kier alpha value is -2.04. The van der Waals surface area contributed by atoms with Crippen LogP contribution < -0.4 is 0 Å². The first-order chi connectivity index (χ1) is 7.98. The Labute approximate surface area is 95.4 Å². The summed E-state index contributed by atoms with van der Waals surface area (Å²) < 4.78 is 37.5. The third-order valence-corrected chi connectivity index (χ3v) is 2.26. The van der Waals surface area contributed by atoms with E-state index in [4.69, 9.17) is 0 Å². The smallest absolute Gasteiger partial charge is 0.416 e. The van der Waals surface area contributed by atoms with E-state index >= 15 is 0 Å². The normalized spacial score (nSPS) is 11.5. The van der Waals surface area contributed by atoms with Gasteiger partial charge in [0.25, 0.3) is 0 Å². The number of hydrogen-bond donors (Lipinski definition) is 1. The summed E-state index contributed by atoms with van der Waals surface area (Å²) in [4.78, 5) is 3.91. The average Bonchev–Trinajstić information content (AvgIpc) is 2.29. The van der Waals surface area contributed by atoms with Gasteiger partial charge in [0.2, 0.25) is 0 Å². The second-order valence-electron chi connectivity index (χ2n) is 3.44. The fourth-order valence-corrected chi connectivity index (χ4v) is 1.44. The number of rotatable bonds is 1. The van der Waals surface area contributed by atoms with E-state index in [-0.39, 0.29) is 11.3 Å². The number of hydrogen-bond acceptors (Lipinski definition) is 2. The third-order valence-electron chi connectivity index (χ3n) is 2.26. The lowest BCUT2D eigenvalue weighted by molar-refractivity contribution is -0.137. The van der Waals surface area contributed by atoms with Crippen LogP contribution in [0.5, 0.6) is 5.75 Å². The lowest BCUT2D eigenvalue weighted by atomic mass is 10.1. The number of nitrogens with zero attached hydrogens (tertiary/aromatic N) is 1. The highest BCUT2D eigenvalue weighted by atomic mass is 19.4. The highest BCUT2D eigenvalue weighted by Crippen LogP contribution is 2.35. The summed E-state index contributed by atoms with van der Waals surface area (Å²) in [6.07, 6.45) is -2.98. The number of aromatic nitrogens is 1. The van der Waals surface area contributed by atoms with Crippen molar-refractivity contribution in [2.75, 3.05) is 0 Å². The van der Waals surface area contributed by atoms with Crippen LogP contribution in [-0.2, 0) is 6.18 Å². The summed E-state index contributed by atoms with van der Waals surface area (Å²) in [5.74, 6) is -0.225. The van der Waals surface area contributed by atoms with Gasteiger partial charge in [0, 0.05) is 11.8 Å². The Bertz CT molecular complexity index is 523. The molecule has 5 heteroatoms. The molecule has 1 aromatic carbocycles. The topological polar surface area (TPSA) is 33.1 Å². The molecular formula is C12H8F3NO. The van der Waals surface area contributed by atoms with Crippen LogP contribution in [0, 0.1) is 0 Å². The van der Waals surface area contributed by atoms with Crippen molar-refractivity contribution >= 4 is 0 Å². The van der Waals surface area contributed by atoms with Crippen molar-refractivity contribution in [2.45, 2.75) is 6.18 Å². The van der Waals surface area contributed by atoms with Gasteiger partial charge in [0.15, 0.2) is 0 Å². The minimum Gasteiger partial charge on any atom is -0.507 e. The number of benzene rings is 1. The van der Waals surface area contributed by atoms with Gasteiger partial charge < -0.3 is 5.11 Å². The zero-order valence-electron chi connectivity index (χ0n) is 8.57. The largest absolute Gasteiger partial charge is 0.507 e. The summed E-state index contributed by atoms with van der Waals surface area (Å²) >= 11 is 0. The summed E-state index contributed by atoms with van der Waals surface area (Å²) in [7, 11) is 0. The van der Waals surface area contributed by atoms with Crippen LogP contribution in [0.25, 0.3) is 11.3 Å². The molecule has 0 aliphatic rings. The van der Waals surface area contributed by atoms with Crippen LogP contribution in [0.2, 0.25) is 0 Å². The molecule has 1 aromatic heterocycles. The minimum absolute atomic E-state index is 0.0698. The minimum atomic E-state index is -4.43. The van der Waals surface area contributed by atoms with E-state index in [9.17, 15) is 18.3 Å². The van der Waals surface area contributed by atoms with Crippen LogP contribution >= 0.6 is 0 Å². The highest BCUT2D eigenvalue weighted by Gasteiger charge is 2.31. The Morgan fingerprint density at radius 1 is 1.06 bits per heavy atom. The second kappa shape index (κ2) is 4.08. The molecule has 0 spiro atoms. The van der Waals surface area contributed by atoms with Crippen LogP contribution in [-0.4, -0.2) is 10.1 Å². The van der Waals surface area contributed by atoms with Crippen molar-refractivity contribution < 1.29 is 18.3 Å². The maximum absolute atomic E-state index is 12.5. The van der Waals surface area contributed by atoms with E-state index < -0.39 is 11.7 Å². The van der Waals surface area contributed by atoms with Crippen molar-refractivity contribution in [3.8, 4) is 17.0 Å². The molecule has 0 amide bonds. The summed E-state index contributed by atoms with van der Waals surface area (Å²) in [5, 5.41) is 9.55. The number of phenolic OH excluding ortho intramolecular Hbond substituents is 1. The number of halogens is 3. The van der Waals surface area contributed by atoms with E-state index in [0.29, 0.717) is 5.69 Å². The van der Waals surface area contributed by atoms with Gasteiger partial charge in [-0.2, -0.15) is 13.2 Å². The molecule has 0 saturated heterocycles. The SMILES string of the molecule is Oc1ccc(C(F)(F)F)cc1-c1ccccn1. The fourth-order valence-electron chi connectivity index (χ4n) is 1.44. The highest BCUT2D eigenvalue weighted by molar-refractivity contribution is 5.67. The Morgan fingerprint density at radius 3 is 2.41 bits per heavy atom. The van der Waals surface area contributed by atoms with Gasteiger partial charge in [-0.25, -0.2) is 0 Å².